The van der Waals surface area contributed by atoms with E-state index < -0.39 is 11.4 Å². The highest BCUT2D eigenvalue weighted by molar-refractivity contribution is 5.89. The molecule has 2 aromatic heterocycles. The molecule has 8 heteroatoms. The van der Waals surface area contributed by atoms with E-state index in [0.717, 1.165) is 0 Å². The Bertz CT molecular complexity index is 1010. The van der Waals surface area contributed by atoms with Crippen molar-refractivity contribution >= 4 is 5.97 Å². The number of ether oxygens (including phenoxy) is 2. The van der Waals surface area contributed by atoms with E-state index in [0.29, 0.717) is 17.5 Å². The van der Waals surface area contributed by atoms with Gasteiger partial charge in [-0.2, -0.15) is 4.98 Å². The van der Waals surface area contributed by atoms with Crippen LogP contribution in [-0.4, -0.2) is 27.3 Å². The molecular weight excluding hydrogens is 362 g/mol. The lowest BCUT2D eigenvalue weighted by Crippen LogP contribution is -2.21. The number of nitrogens with zero attached hydrogens (tertiary/aromatic N) is 3. The maximum atomic E-state index is 12.7. The lowest BCUT2D eigenvalue weighted by atomic mass is 10.2. The standard InChI is InChI=1S/C20H21N3O5/c1-4-26-20(25)15-10-23(12-17-21-19(13(2)3)22-28-17)11-16(18(15)24)27-14-8-6-5-7-9-14/h5-11,13H,4,12H2,1-3H3. The van der Waals surface area contributed by atoms with Crippen LogP contribution in [0, 0.1) is 0 Å². The third kappa shape index (κ3) is 4.46. The fourth-order valence-electron chi connectivity index (χ4n) is 2.46. The summed E-state index contributed by atoms with van der Waals surface area (Å²) in [6.07, 6.45) is 2.90. The minimum Gasteiger partial charge on any atom is -0.462 e. The highest BCUT2D eigenvalue weighted by atomic mass is 16.5. The van der Waals surface area contributed by atoms with Gasteiger partial charge in [0.1, 0.15) is 17.9 Å². The third-order valence-corrected chi connectivity index (χ3v) is 3.83. The summed E-state index contributed by atoms with van der Waals surface area (Å²) in [6.45, 7) is 5.92. The summed E-state index contributed by atoms with van der Waals surface area (Å²) >= 11 is 0. The third-order valence-electron chi connectivity index (χ3n) is 3.83. The van der Waals surface area contributed by atoms with E-state index in [1.54, 1.807) is 35.8 Å². The molecule has 0 saturated carbocycles. The van der Waals surface area contributed by atoms with E-state index in [9.17, 15) is 9.59 Å². The van der Waals surface area contributed by atoms with Crippen molar-refractivity contribution in [3.8, 4) is 11.5 Å². The van der Waals surface area contributed by atoms with E-state index in [1.165, 1.54) is 12.4 Å². The average molecular weight is 383 g/mol. The van der Waals surface area contributed by atoms with Crippen LogP contribution in [0.5, 0.6) is 11.5 Å². The van der Waals surface area contributed by atoms with Crippen molar-refractivity contribution < 1.29 is 18.8 Å². The average Bonchev–Trinajstić information content (AvgIpc) is 3.14. The predicted octanol–water partition coefficient (Wildman–Crippen LogP) is 3.37. The quantitative estimate of drug-likeness (QED) is 0.577. The molecule has 0 bridgehead atoms. The number of carbonyl (C=O) groups excluding carboxylic acids is 1. The molecule has 28 heavy (non-hydrogen) atoms. The second-order valence-electron chi connectivity index (χ2n) is 6.37. The van der Waals surface area contributed by atoms with Gasteiger partial charge in [0.25, 0.3) is 0 Å². The van der Waals surface area contributed by atoms with Crippen LogP contribution < -0.4 is 10.2 Å². The molecule has 0 fully saturated rings. The zero-order valence-electron chi connectivity index (χ0n) is 15.9. The SMILES string of the molecule is CCOC(=O)c1cn(Cc2nc(C(C)C)no2)cc(Oc2ccccc2)c1=O. The number of hydrogen-bond acceptors (Lipinski definition) is 7. The van der Waals surface area contributed by atoms with Crippen LogP contribution in [0.1, 0.15) is 48.8 Å². The first-order valence-corrected chi connectivity index (χ1v) is 8.94. The highest BCUT2D eigenvalue weighted by Gasteiger charge is 2.19. The van der Waals surface area contributed by atoms with E-state index in [2.05, 4.69) is 10.1 Å². The molecule has 0 spiro atoms. The van der Waals surface area contributed by atoms with Gasteiger partial charge in [-0.05, 0) is 19.1 Å². The van der Waals surface area contributed by atoms with Gasteiger partial charge in [0, 0.05) is 12.1 Å². The number of carbonyl (C=O) groups is 1. The molecule has 146 valence electrons. The van der Waals surface area contributed by atoms with Crippen molar-refractivity contribution in [2.24, 2.45) is 0 Å². The normalized spacial score (nSPS) is 10.9. The van der Waals surface area contributed by atoms with Crippen molar-refractivity contribution in [3.63, 3.8) is 0 Å². The Balaban J connectivity index is 1.98. The molecule has 0 aliphatic carbocycles. The monoisotopic (exact) mass is 383 g/mol. The molecule has 1 aromatic carbocycles. The Labute approximate surface area is 161 Å². The van der Waals surface area contributed by atoms with Crippen molar-refractivity contribution in [2.75, 3.05) is 6.61 Å². The number of benzene rings is 1. The van der Waals surface area contributed by atoms with Crippen LogP contribution in [0.2, 0.25) is 0 Å². The Hall–Kier alpha value is -3.42. The molecule has 0 saturated heterocycles. The van der Waals surface area contributed by atoms with Crippen LogP contribution >= 0.6 is 0 Å². The molecule has 3 rings (SSSR count). The van der Waals surface area contributed by atoms with E-state index in [4.69, 9.17) is 14.0 Å². The summed E-state index contributed by atoms with van der Waals surface area (Å²) in [6, 6.07) is 8.84. The molecule has 3 aromatic rings. The zero-order valence-corrected chi connectivity index (χ0v) is 15.9. The molecule has 8 nitrogen and oxygen atoms in total. The van der Waals surface area contributed by atoms with Gasteiger partial charge in [0.15, 0.2) is 11.6 Å². The number of para-hydroxylation sites is 1. The van der Waals surface area contributed by atoms with Gasteiger partial charge in [-0.15, -0.1) is 0 Å². The number of pyridine rings is 1. The van der Waals surface area contributed by atoms with Gasteiger partial charge in [-0.1, -0.05) is 37.2 Å². The smallest absolute Gasteiger partial charge is 0.343 e. The van der Waals surface area contributed by atoms with Crippen LogP contribution in [0.3, 0.4) is 0 Å². The molecule has 0 aliphatic heterocycles. The van der Waals surface area contributed by atoms with Gasteiger partial charge in [-0.3, -0.25) is 4.79 Å². The topological polar surface area (TPSA) is 96.5 Å². The predicted molar refractivity (Wildman–Crippen MR) is 101 cm³/mol. The largest absolute Gasteiger partial charge is 0.462 e. The molecule has 0 atom stereocenters. The maximum absolute atomic E-state index is 12.7. The van der Waals surface area contributed by atoms with Crippen molar-refractivity contribution in [1.82, 2.24) is 14.7 Å². The first-order chi connectivity index (χ1) is 13.5. The van der Waals surface area contributed by atoms with E-state index in [-0.39, 0.29) is 30.4 Å². The van der Waals surface area contributed by atoms with Crippen molar-refractivity contribution in [3.05, 3.63) is 70.2 Å². The lowest BCUT2D eigenvalue weighted by molar-refractivity contribution is 0.0523. The first kappa shape index (κ1) is 19.3. The number of aromatic nitrogens is 3. The van der Waals surface area contributed by atoms with Gasteiger partial charge in [0.2, 0.25) is 11.3 Å². The summed E-state index contributed by atoms with van der Waals surface area (Å²) < 4.78 is 17.5. The van der Waals surface area contributed by atoms with Crippen molar-refractivity contribution in [1.29, 1.82) is 0 Å². The lowest BCUT2D eigenvalue weighted by Gasteiger charge is -2.11. The van der Waals surface area contributed by atoms with E-state index in [1.807, 2.05) is 19.9 Å². The summed E-state index contributed by atoms with van der Waals surface area (Å²) in [5.41, 5.74) is -0.675. The van der Waals surface area contributed by atoms with Crippen LogP contribution in [0.15, 0.2) is 52.0 Å². The molecule has 0 N–H and O–H groups in total. The van der Waals surface area contributed by atoms with Crippen LogP contribution in [0.4, 0.5) is 0 Å². The summed E-state index contributed by atoms with van der Waals surface area (Å²) in [5, 5.41) is 3.92. The summed E-state index contributed by atoms with van der Waals surface area (Å²) in [7, 11) is 0. The number of esters is 1. The highest BCUT2D eigenvalue weighted by Crippen LogP contribution is 2.19. The Morgan fingerprint density at radius 3 is 2.61 bits per heavy atom. The molecule has 0 unspecified atom stereocenters. The number of rotatable bonds is 7. The van der Waals surface area contributed by atoms with E-state index >= 15 is 0 Å². The fourth-order valence-corrected chi connectivity index (χ4v) is 2.46. The Kier molecular flexibility index (Phi) is 5.88. The van der Waals surface area contributed by atoms with Gasteiger partial charge < -0.3 is 18.6 Å². The summed E-state index contributed by atoms with van der Waals surface area (Å²) in [4.78, 5) is 29.2. The molecular formula is C20H21N3O5. The van der Waals surface area contributed by atoms with Gasteiger partial charge in [0.05, 0.1) is 12.8 Å². The second kappa shape index (κ2) is 8.51. The summed E-state index contributed by atoms with van der Waals surface area (Å²) in [5.74, 6) is 0.828. The van der Waals surface area contributed by atoms with Crippen LogP contribution in [0.25, 0.3) is 0 Å². The minimum absolute atomic E-state index is 0.000325. The number of hydrogen-bond donors (Lipinski definition) is 0. The van der Waals surface area contributed by atoms with Gasteiger partial charge in [-0.25, -0.2) is 4.79 Å². The Morgan fingerprint density at radius 2 is 1.96 bits per heavy atom. The zero-order chi connectivity index (χ0) is 20.1. The molecule has 2 heterocycles. The molecule has 0 amide bonds. The van der Waals surface area contributed by atoms with Crippen LogP contribution in [-0.2, 0) is 11.3 Å². The fraction of sp³-hybridized carbons (Fsp3) is 0.300. The Morgan fingerprint density at radius 1 is 1.21 bits per heavy atom. The second-order valence-corrected chi connectivity index (χ2v) is 6.37. The van der Waals surface area contributed by atoms with Crippen molar-refractivity contribution in [2.45, 2.75) is 33.2 Å². The molecule has 0 aliphatic rings. The van der Waals surface area contributed by atoms with Gasteiger partial charge >= 0.3 is 5.97 Å². The molecule has 0 radical (unpaired) electrons. The maximum Gasteiger partial charge on any atom is 0.343 e. The first-order valence-electron chi connectivity index (χ1n) is 8.94. The minimum atomic E-state index is -0.715.